The van der Waals surface area contributed by atoms with Crippen LogP contribution in [0.1, 0.15) is 39.6 Å². The Hall–Kier alpha value is -4.02. The zero-order chi connectivity index (χ0) is 28.7. The molecule has 2 amide bonds. The molecule has 40 heavy (non-hydrogen) atoms. The van der Waals surface area contributed by atoms with E-state index in [2.05, 4.69) is 11.5 Å². The third-order valence-corrected chi connectivity index (χ3v) is 7.93. The van der Waals surface area contributed by atoms with Crippen molar-refractivity contribution in [3.05, 3.63) is 82.8 Å². The third-order valence-electron chi connectivity index (χ3n) is 7.62. The molecule has 11 heteroatoms. The standard InChI is InChI=1S/C29H29ClFN5O4/c1-3-20-14-35(17(2)12-34(20)13-18-4-6-19(31)7-5-18)28(39)23-10-22-24(16-36(32)26(22)11-25(23)30)27(38)29(40)33-9-8-21(37)15-33/h3-7,10-11,16-17,20H,1,8-9,12-15,32H2,2H3/t17-,20+/m1/s1. The van der Waals surface area contributed by atoms with Gasteiger partial charge in [0.1, 0.15) is 5.82 Å². The molecule has 2 fully saturated rings. The van der Waals surface area contributed by atoms with Crippen molar-refractivity contribution in [1.82, 2.24) is 19.4 Å². The largest absolute Gasteiger partial charge is 0.339 e. The summed E-state index contributed by atoms with van der Waals surface area (Å²) < 4.78 is 14.5. The molecule has 2 atom stereocenters. The van der Waals surface area contributed by atoms with Crippen LogP contribution in [0.15, 0.2) is 55.3 Å². The van der Waals surface area contributed by atoms with Crippen LogP contribution in [0.3, 0.4) is 0 Å². The summed E-state index contributed by atoms with van der Waals surface area (Å²) in [6, 6.07) is 8.98. The van der Waals surface area contributed by atoms with E-state index in [1.165, 1.54) is 40.0 Å². The fourth-order valence-electron chi connectivity index (χ4n) is 5.42. The van der Waals surface area contributed by atoms with E-state index in [1.807, 2.05) is 6.92 Å². The molecule has 9 nitrogen and oxygen atoms in total. The van der Waals surface area contributed by atoms with Gasteiger partial charge in [-0.3, -0.25) is 28.8 Å². The Morgan fingerprint density at radius 1 is 1.15 bits per heavy atom. The van der Waals surface area contributed by atoms with Crippen LogP contribution >= 0.6 is 11.6 Å². The predicted octanol–water partition coefficient (Wildman–Crippen LogP) is 3.03. The van der Waals surface area contributed by atoms with Crippen LogP contribution in [-0.2, 0) is 16.1 Å². The van der Waals surface area contributed by atoms with Crippen molar-refractivity contribution in [3.8, 4) is 0 Å². The number of rotatable bonds is 6. The van der Waals surface area contributed by atoms with E-state index >= 15 is 0 Å². The molecule has 5 rings (SSSR count). The van der Waals surface area contributed by atoms with Crippen molar-refractivity contribution in [2.45, 2.75) is 32.0 Å². The number of benzene rings is 2. The van der Waals surface area contributed by atoms with E-state index in [9.17, 15) is 23.6 Å². The summed E-state index contributed by atoms with van der Waals surface area (Å²) in [4.78, 5) is 56.5. The van der Waals surface area contributed by atoms with E-state index in [1.54, 1.807) is 23.1 Å². The number of carbonyl (C=O) groups excluding carboxylic acids is 4. The lowest BCUT2D eigenvalue weighted by Gasteiger charge is -2.44. The van der Waals surface area contributed by atoms with E-state index in [4.69, 9.17) is 17.4 Å². The van der Waals surface area contributed by atoms with Gasteiger partial charge in [0.2, 0.25) is 0 Å². The minimum atomic E-state index is -0.806. The molecule has 0 unspecified atom stereocenters. The summed E-state index contributed by atoms with van der Waals surface area (Å²) in [5.74, 6) is 3.74. The molecule has 1 aromatic heterocycles. The Balaban J connectivity index is 1.41. The average Bonchev–Trinajstić information content (AvgIpc) is 3.51. The summed E-state index contributed by atoms with van der Waals surface area (Å²) in [6.07, 6.45) is 3.32. The maximum Gasteiger partial charge on any atom is 0.295 e. The number of carbonyl (C=O) groups is 4. The predicted molar refractivity (Wildman–Crippen MR) is 149 cm³/mol. The second-order valence-corrected chi connectivity index (χ2v) is 10.7. The van der Waals surface area contributed by atoms with Gasteiger partial charge in [-0.25, -0.2) is 4.39 Å². The molecule has 0 spiro atoms. The lowest BCUT2D eigenvalue weighted by molar-refractivity contribution is -0.127. The van der Waals surface area contributed by atoms with E-state index in [0.717, 1.165) is 5.56 Å². The molecule has 3 heterocycles. The van der Waals surface area contributed by atoms with Gasteiger partial charge in [0.15, 0.2) is 5.78 Å². The Morgan fingerprint density at radius 3 is 2.52 bits per heavy atom. The van der Waals surface area contributed by atoms with Crippen LogP contribution in [0.25, 0.3) is 10.9 Å². The van der Waals surface area contributed by atoms with E-state index in [0.29, 0.717) is 30.5 Å². The minimum Gasteiger partial charge on any atom is -0.339 e. The number of piperazine rings is 1. The van der Waals surface area contributed by atoms with Crippen LogP contribution in [0.5, 0.6) is 0 Å². The first-order valence-electron chi connectivity index (χ1n) is 12.9. The van der Waals surface area contributed by atoms with Crippen molar-refractivity contribution in [2.24, 2.45) is 0 Å². The van der Waals surface area contributed by atoms with Crippen molar-refractivity contribution in [2.75, 3.05) is 32.0 Å². The van der Waals surface area contributed by atoms with E-state index in [-0.39, 0.29) is 65.3 Å². The smallest absolute Gasteiger partial charge is 0.295 e. The number of nitrogens with two attached hydrogens (primary N) is 1. The first kappa shape index (κ1) is 27.5. The first-order valence-corrected chi connectivity index (χ1v) is 13.3. The van der Waals surface area contributed by atoms with Crippen LogP contribution in [0.4, 0.5) is 4.39 Å². The van der Waals surface area contributed by atoms with Crippen molar-refractivity contribution < 1.29 is 23.6 Å². The number of ketones is 2. The van der Waals surface area contributed by atoms with Crippen LogP contribution in [0, 0.1) is 5.82 Å². The molecule has 2 N–H and O–H groups in total. The highest BCUT2D eigenvalue weighted by atomic mass is 35.5. The van der Waals surface area contributed by atoms with Gasteiger partial charge in [0.25, 0.3) is 17.6 Å². The van der Waals surface area contributed by atoms with Gasteiger partial charge in [0, 0.05) is 56.3 Å². The highest BCUT2D eigenvalue weighted by molar-refractivity contribution is 6.45. The fraction of sp³-hybridized carbons (Fsp3) is 0.310. The third kappa shape index (κ3) is 5.12. The number of fused-ring (bicyclic) bond motifs is 1. The molecule has 3 aromatic rings. The van der Waals surface area contributed by atoms with Crippen LogP contribution in [0.2, 0.25) is 5.02 Å². The van der Waals surface area contributed by atoms with Gasteiger partial charge in [-0.15, -0.1) is 6.58 Å². The van der Waals surface area contributed by atoms with Crippen LogP contribution < -0.4 is 5.84 Å². The Morgan fingerprint density at radius 2 is 1.88 bits per heavy atom. The summed E-state index contributed by atoms with van der Waals surface area (Å²) in [6.45, 7) is 7.44. The fourth-order valence-corrected chi connectivity index (χ4v) is 5.65. The number of hydrogen-bond donors (Lipinski definition) is 1. The zero-order valence-corrected chi connectivity index (χ0v) is 22.7. The summed E-state index contributed by atoms with van der Waals surface area (Å²) >= 11 is 6.55. The number of aromatic nitrogens is 1. The lowest BCUT2D eigenvalue weighted by Crippen LogP contribution is -2.58. The van der Waals surface area contributed by atoms with Crippen molar-refractivity contribution in [1.29, 1.82) is 0 Å². The SMILES string of the molecule is C=C[C@H]1CN(C(=O)c2cc3c(C(=O)C(=O)N4CCC(=O)C4)cn(N)c3cc2Cl)[C@H](C)CN1Cc1ccc(F)cc1. The lowest BCUT2D eigenvalue weighted by atomic mass is 10.0. The molecule has 0 aliphatic carbocycles. The number of hydrogen-bond acceptors (Lipinski definition) is 6. The summed E-state index contributed by atoms with van der Waals surface area (Å²) in [5.41, 5.74) is 1.55. The maximum atomic E-state index is 13.8. The second kappa shape index (κ2) is 10.9. The quantitative estimate of drug-likeness (QED) is 0.213. The zero-order valence-electron chi connectivity index (χ0n) is 22.0. The summed E-state index contributed by atoms with van der Waals surface area (Å²) in [5, 5.41) is 0.482. The molecule has 2 aliphatic heterocycles. The molecule has 0 saturated carbocycles. The van der Waals surface area contributed by atoms with Gasteiger partial charge < -0.3 is 15.6 Å². The maximum absolute atomic E-state index is 13.8. The van der Waals surface area contributed by atoms with Crippen LogP contribution in [-0.4, -0.2) is 81.0 Å². The van der Waals surface area contributed by atoms with Gasteiger partial charge >= 0.3 is 0 Å². The Kier molecular flexibility index (Phi) is 7.48. The van der Waals surface area contributed by atoms with Gasteiger partial charge in [-0.1, -0.05) is 29.8 Å². The van der Waals surface area contributed by atoms with Gasteiger partial charge in [0.05, 0.1) is 28.2 Å². The van der Waals surface area contributed by atoms with Crippen molar-refractivity contribution in [3.63, 3.8) is 0 Å². The average molecular weight is 566 g/mol. The van der Waals surface area contributed by atoms with Gasteiger partial charge in [-0.05, 0) is 36.8 Å². The molecular formula is C29H29ClFN5O4. The van der Waals surface area contributed by atoms with Crippen molar-refractivity contribution >= 4 is 45.9 Å². The number of likely N-dealkylation sites (tertiary alicyclic amines) is 1. The summed E-state index contributed by atoms with van der Waals surface area (Å²) in [7, 11) is 0. The molecule has 0 radical (unpaired) electrons. The highest BCUT2D eigenvalue weighted by Gasteiger charge is 2.35. The molecule has 0 bridgehead atoms. The second-order valence-electron chi connectivity index (χ2n) is 10.3. The molecule has 2 saturated heterocycles. The van der Waals surface area contributed by atoms with Gasteiger partial charge in [-0.2, -0.15) is 0 Å². The van der Waals surface area contributed by atoms with E-state index < -0.39 is 11.7 Å². The first-order chi connectivity index (χ1) is 19.1. The number of nitrogens with zero attached hydrogens (tertiary/aromatic N) is 4. The molecule has 2 aliphatic rings. The Bertz CT molecular complexity index is 1540. The molecule has 208 valence electrons. The normalized spacial score (nSPS) is 19.8. The monoisotopic (exact) mass is 565 g/mol. The molecule has 2 aromatic carbocycles. The highest BCUT2D eigenvalue weighted by Crippen LogP contribution is 2.30. The number of nitrogen functional groups attached to an aromatic ring is 1. The number of halogens is 2. The topological polar surface area (TPSA) is 109 Å². The molecular weight excluding hydrogens is 537 g/mol. The Labute approximate surface area is 235 Å². The number of Topliss-reactive ketones (excluding diaryl/α,β-unsaturated/α-hetero) is 2. The minimum absolute atomic E-state index is 0.0358. The number of amides is 2.